The topological polar surface area (TPSA) is 110 Å². The molecule has 0 bridgehead atoms. The zero-order chi connectivity index (χ0) is 21.9. The molecule has 1 heterocycles. The number of amides is 1. The van der Waals surface area contributed by atoms with Crippen molar-refractivity contribution in [1.29, 1.82) is 0 Å². The molecule has 1 amide bonds. The van der Waals surface area contributed by atoms with E-state index in [4.69, 9.17) is 9.47 Å². The Morgan fingerprint density at radius 1 is 1.13 bits per heavy atom. The van der Waals surface area contributed by atoms with Crippen LogP contribution in [0.4, 0.5) is 10.5 Å². The molecule has 0 aliphatic carbocycles. The second kappa shape index (κ2) is 8.36. The highest BCUT2D eigenvalue weighted by Gasteiger charge is 2.17. The third-order valence-corrected chi connectivity index (χ3v) is 4.07. The van der Waals surface area contributed by atoms with Crippen molar-refractivity contribution in [3.63, 3.8) is 0 Å². The Kier molecular flexibility index (Phi) is 5.86. The number of anilines is 1. The number of hydrogen-bond acceptors (Lipinski definition) is 6. The van der Waals surface area contributed by atoms with Gasteiger partial charge in [0.1, 0.15) is 18.0 Å². The number of hydrogen-bond donors (Lipinski definition) is 2. The lowest BCUT2D eigenvalue weighted by Crippen LogP contribution is -2.27. The molecule has 0 aliphatic rings. The monoisotopic (exact) mass is 409 g/mol. The summed E-state index contributed by atoms with van der Waals surface area (Å²) in [4.78, 5) is 43.5. The van der Waals surface area contributed by atoms with Crippen LogP contribution in [0.3, 0.4) is 0 Å². The van der Waals surface area contributed by atoms with Gasteiger partial charge in [-0.05, 0) is 57.5 Å². The van der Waals surface area contributed by atoms with Crippen molar-refractivity contribution in [3.8, 4) is 0 Å². The van der Waals surface area contributed by atoms with Gasteiger partial charge in [-0.25, -0.2) is 14.6 Å². The van der Waals surface area contributed by atoms with Crippen LogP contribution in [0.5, 0.6) is 0 Å². The fourth-order valence-corrected chi connectivity index (χ4v) is 2.78. The molecule has 0 aliphatic heterocycles. The molecular formula is C22H23N3O5. The molecule has 2 aromatic carbocycles. The fourth-order valence-electron chi connectivity index (χ4n) is 2.78. The summed E-state index contributed by atoms with van der Waals surface area (Å²) < 4.78 is 10.5. The van der Waals surface area contributed by atoms with Gasteiger partial charge < -0.3 is 14.5 Å². The molecule has 1 aromatic heterocycles. The molecular weight excluding hydrogens is 386 g/mol. The molecule has 0 saturated heterocycles. The van der Waals surface area contributed by atoms with Gasteiger partial charge in [0.2, 0.25) is 0 Å². The summed E-state index contributed by atoms with van der Waals surface area (Å²) in [6.07, 6.45) is -0.624. The number of fused-ring (bicyclic) bond motifs is 1. The van der Waals surface area contributed by atoms with Crippen LogP contribution in [0.25, 0.3) is 10.9 Å². The molecule has 156 valence electrons. The lowest BCUT2D eigenvalue weighted by Gasteiger charge is -2.19. The number of para-hydroxylation sites is 1. The van der Waals surface area contributed by atoms with Crippen molar-refractivity contribution >= 4 is 28.7 Å². The smallest absolute Gasteiger partial charge is 0.412 e. The first-order valence-electron chi connectivity index (χ1n) is 9.38. The predicted molar refractivity (Wildman–Crippen MR) is 113 cm³/mol. The number of benzene rings is 2. The average molecular weight is 409 g/mol. The zero-order valence-electron chi connectivity index (χ0n) is 17.2. The molecule has 0 saturated carbocycles. The first kappa shape index (κ1) is 21.0. The van der Waals surface area contributed by atoms with E-state index in [9.17, 15) is 14.4 Å². The third kappa shape index (κ3) is 5.22. The van der Waals surface area contributed by atoms with Crippen molar-refractivity contribution in [3.05, 3.63) is 69.8 Å². The molecule has 30 heavy (non-hydrogen) atoms. The molecule has 8 nitrogen and oxygen atoms in total. The number of carbonyl (C=O) groups excluding carboxylic acids is 2. The molecule has 0 unspecified atom stereocenters. The largest absolute Gasteiger partial charge is 0.454 e. The lowest BCUT2D eigenvalue weighted by atomic mass is 10.1. The number of nitrogens with zero attached hydrogens (tertiary/aromatic N) is 1. The van der Waals surface area contributed by atoms with Gasteiger partial charge in [0, 0.05) is 5.69 Å². The Labute approximate surface area is 173 Å². The Morgan fingerprint density at radius 2 is 1.87 bits per heavy atom. The number of aromatic amines is 1. The van der Waals surface area contributed by atoms with Gasteiger partial charge >= 0.3 is 12.1 Å². The summed E-state index contributed by atoms with van der Waals surface area (Å²) in [5.74, 6) is -0.367. The number of carbonyl (C=O) groups is 2. The van der Waals surface area contributed by atoms with Crippen LogP contribution in [0, 0.1) is 6.92 Å². The van der Waals surface area contributed by atoms with Gasteiger partial charge in [-0.3, -0.25) is 10.1 Å². The third-order valence-electron chi connectivity index (χ3n) is 4.07. The first-order valence-corrected chi connectivity index (χ1v) is 9.38. The Morgan fingerprint density at radius 3 is 2.60 bits per heavy atom. The van der Waals surface area contributed by atoms with E-state index in [1.807, 2.05) is 13.0 Å². The molecule has 3 aromatic rings. The normalized spacial score (nSPS) is 11.2. The van der Waals surface area contributed by atoms with Gasteiger partial charge in [-0.1, -0.05) is 18.2 Å². The minimum atomic E-state index is -0.636. The highest BCUT2D eigenvalue weighted by Crippen LogP contribution is 2.16. The van der Waals surface area contributed by atoms with Gasteiger partial charge in [-0.15, -0.1) is 0 Å². The van der Waals surface area contributed by atoms with E-state index in [2.05, 4.69) is 15.3 Å². The van der Waals surface area contributed by atoms with Crippen molar-refractivity contribution in [2.75, 3.05) is 5.32 Å². The van der Waals surface area contributed by atoms with E-state index in [1.165, 1.54) is 6.07 Å². The molecule has 8 heteroatoms. The van der Waals surface area contributed by atoms with Crippen LogP contribution < -0.4 is 10.9 Å². The second-order valence-corrected chi connectivity index (χ2v) is 7.77. The van der Waals surface area contributed by atoms with Crippen LogP contribution in [0.15, 0.2) is 47.3 Å². The number of rotatable bonds is 4. The van der Waals surface area contributed by atoms with Gasteiger partial charge in [0.25, 0.3) is 5.56 Å². The minimum absolute atomic E-state index is 0.192. The average Bonchev–Trinajstić information content (AvgIpc) is 2.65. The molecule has 0 atom stereocenters. The van der Waals surface area contributed by atoms with Crippen molar-refractivity contribution in [2.45, 2.75) is 39.9 Å². The summed E-state index contributed by atoms with van der Waals surface area (Å²) in [6, 6.07) is 11.6. The summed E-state index contributed by atoms with van der Waals surface area (Å²) in [7, 11) is 0. The Hall–Kier alpha value is -3.68. The van der Waals surface area contributed by atoms with Crippen LogP contribution in [-0.2, 0) is 16.1 Å². The van der Waals surface area contributed by atoms with E-state index < -0.39 is 17.7 Å². The number of aromatic nitrogens is 2. The second-order valence-electron chi connectivity index (χ2n) is 7.77. The van der Waals surface area contributed by atoms with Gasteiger partial charge in [-0.2, -0.15) is 0 Å². The first-order chi connectivity index (χ1) is 14.1. The number of nitrogens with one attached hydrogen (secondary N) is 2. The summed E-state index contributed by atoms with van der Waals surface area (Å²) >= 11 is 0. The maximum Gasteiger partial charge on any atom is 0.412 e. The van der Waals surface area contributed by atoms with E-state index in [0.29, 0.717) is 16.6 Å². The molecule has 3 rings (SSSR count). The predicted octanol–water partition coefficient (Wildman–Crippen LogP) is 3.94. The standard InChI is InChI=1S/C22H23N3O5/c1-13-7-5-10-16-18(13)24-17(25-19(16)26)12-29-20(27)14-8-6-9-15(11-14)23-21(28)30-22(2,3)4/h5-11H,12H2,1-4H3,(H,23,28)(H,24,25,26). The van der Waals surface area contributed by atoms with Crippen LogP contribution in [-0.4, -0.2) is 27.6 Å². The van der Waals surface area contributed by atoms with E-state index in [-0.39, 0.29) is 23.6 Å². The minimum Gasteiger partial charge on any atom is -0.454 e. The number of esters is 1. The van der Waals surface area contributed by atoms with Crippen molar-refractivity contribution < 1.29 is 19.1 Å². The summed E-state index contributed by atoms with van der Waals surface area (Å²) in [5.41, 5.74) is 1.12. The van der Waals surface area contributed by atoms with E-state index >= 15 is 0 Å². The summed E-state index contributed by atoms with van der Waals surface area (Å²) in [6.45, 7) is 6.93. The van der Waals surface area contributed by atoms with Crippen LogP contribution >= 0.6 is 0 Å². The molecule has 0 fully saturated rings. The highest BCUT2D eigenvalue weighted by atomic mass is 16.6. The fraction of sp³-hybridized carbons (Fsp3) is 0.273. The highest BCUT2D eigenvalue weighted by molar-refractivity contribution is 5.92. The van der Waals surface area contributed by atoms with Crippen LogP contribution in [0.1, 0.15) is 42.5 Å². The number of ether oxygens (including phenoxy) is 2. The lowest BCUT2D eigenvalue weighted by molar-refractivity contribution is 0.0461. The van der Waals surface area contributed by atoms with E-state index in [0.717, 1.165) is 5.56 Å². The SMILES string of the molecule is Cc1cccc2c(=O)[nH]c(COC(=O)c3cccc(NC(=O)OC(C)(C)C)c3)nc12. The molecule has 0 spiro atoms. The van der Waals surface area contributed by atoms with E-state index in [1.54, 1.807) is 51.1 Å². The zero-order valence-corrected chi connectivity index (χ0v) is 17.2. The van der Waals surface area contributed by atoms with Gasteiger partial charge in [0.05, 0.1) is 16.5 Å². The molecule has 0 radical (unpaired) electrons. The Balaban J connectivity index is 1.70. The number of aryl methyl sites for hydroxylation is 1. The Bertz CT molecular complexity index is 1160. The maximum atomic E-state index is 12.4. The molecule has 2 N–H and O–H groups in total. The summed E-state index contributed by atoms with van der Waals surface area (Å²) in [5, 5.41) is 3.05. The van der Waals surface area contributed by atoms with Crippen molar-refractivity contribution in [2.24, 2.45) is 0 Å². The quantitative estimate of drug-likeness (QED) is 0.632. The van der Waals surface area contributed by atoms with Crippen LogP contribution in [0.2, 0.25) is 0 Å². The van der Waals surface area contributed by atoms with Crippen molar-refractivity contribution in [1.82, 2.24) is 9.97 Å². The maximum absolute atomic E-state index is 12.4. The van der Waals surface area contributed by atoms with Gasteiger partial charge in [0.15, 0.2) is 0 Å². The number of H-pyrrole nitrogens is 1.